The highest BCUT2D eigenvalue weighted by Gasteiger charge is 2.37. The van der Waals surface area contributed by atoms with Crippen molar-refractivity contribution in [3.05, 3.63) is 24.4 Å². The highest BCUT2D eigenvalue weighted by molar-refractivity contribution is 5.97. The van der Waals surface area contributed by atoms with Gasteiger partial charge in [0.2, 0.25) is 5.91 Å². The number of aromatic amines is 1. The molecule has 1 aromatic carbocycles. The zero-order valence-corrected chi connectivity index (χ0v) is 10.8. The predicted molar refractivity (Wildman–Crippen MR) is 73.2 cm³/mol. The van der Waals surface area contributed by atoms with Gasteiger partial charge in [0, 0.05) is 11.1 Å². The van der Waals surface area contributed by atoms with Crippen LogP contribution in [-0.2, 0) is 9.59 Å². The van der Waals surface area contributed by atoms with Gasteiger partial charge in [0.25, 0.3) is 0 Å². The Morgan fingerprint density at radius 1 is 1.30 bits per heavy atom. The van der Waals surface area contributed by atoms with Gasteiger partial charge in [-0.15, -0.1) is 0 Å². The number of nitrogens with one attached hydrogen (secondary N) is 2. The van der Waals surface area contributed by atoms with Crippen LogP contribution in [0.15, 0.2) is 24.4 Å². The third kappa shape index (κ3) is 2.24. The lowest BCUT2D eigenvalue weighted by Crippen LogP contribution is -2.29. The van der Waals surface area contributed by atoms with E-state index < -0.39 is 17.8 Å². The van der Waals surface area contributed by atoms with Crippen LogP contribution in [0, 0.1) is 11.8 Å². The molecule has 2 atom stereocenters. The summed E-state index contributed by atoms with van der Waals surface area (Å²) in [6, 6.07) is 5.45. The Kier molecular flexibility index (Phi) is 3.14. The molecule has 1 aliphatic rings. The minimum Gasteiger partial charge on any atom is -0.481 e. The van der Waals surface area contributed by atoms with Crippen LogP contribution in [-0.4, -0.2) is 27.2 Å². The molecule has 104 valence electrons. The van der Waals surface area contributed by atoms with Gasteiger partial charge in [-0.05, 0) is 31.0 Å². The van der Waals surface area contributed by atoms with E-state index >= 15 is 0 Å². The van der Waals surface area contributed by atoms with E-state index in [1.54, 1.807) is 18.3 Å². The number of aromatic nitrogens is 2. The van der Waals surface area contributed by atoms with Crippen molar-refractivity contribution >= 4 is 28.5 Å². The molecule has 1 aromatic heterocycles. The Morgan fingerprint density at radius 2 is 2.10 bits per heavy atom. The van der Waals surface area contributed by atoms with E-state index in [-0.39, 0.29) is 5.91 Å². The first kappa shape index (κ1) is 12.7. The molecule has 2 aromatic rings. The number of nitrogens with zero attached hydrogens (tertiary/aromatic N) is 1. The summed E-state index contributed by atoms with van der Waals surface area (Å²) in [4.78, 5) is 23.3. The minimum atomic E-state index is -0.883. The molecule has 3 N–H and O–H groups in total. The lowest BCUT2D eigenvalue weighted by molar-refractivity contribution is -0.145. The molecule has 1 aliphatic carbocycles. The molecule has 2 unspecified atom stereocenters. The Bertz CT molecular complexity index is 664. The van der Waals surface area contributed by atoms with Gasteiger partial charge in [-0.25, -0.2) is 0 Å². The number of amides is 1. The van der Waals surface area contributed by atoms with Crippen LogP contribution in [0.4, 0.5) is 5.69 Å². The quantitative estimate of drug-likeness (QED) is 0.797. The minimum absolute atomic E-state index is 0.214. The highest BCUT2D eigenvalue weighted by atomic mass is 16.4. The first-order valence-electron chi connectivity index (χ1n) is 6.62. The first-order chi connectivity index (χ1) is 9.65. The van der Waals surface area contributed by atoms with Crippen molar-refractivity contribution in [3.63, 3.8) is 0 Å². The molecule has 1 fully saturated rings. The van der Waals surface area contributed by atoms with Crippen molar-refractivity contribution in [2.75, 3.05) is 5.32 Å². The molecule has 0 aliphatic heterocycles. The summed E-state index contributed by atoms with van der Waals surface area (Å²) in [5.74, 6) is -2.10. The molecule has 1 saturated carbocycles. The van der Waals surface area contributed by atoms with Gasteiger partial charge >= 0.3 is 5.97 Å². The number of aliphatic carboxylic acids is 1. The van der Waals surface area contributed by atoms with E-state index in [4.69, 9.17) is 5.11 Å². The lowest BCUT2D eigenvalue weighted by Gasteiger charge is -2.15. The summed E-state index contributed by atoms with van der Waals surface area (Å²) in [7, 11) is 0. The molecule has 0 radical (unpaired) electrons. The van der Waals surface area contributed by atoms with Gasteiger partial charge in [0.15, 0.2) is 0 Å². The van der Waals surface area contributed by atoms with Crippen molar-refractivity contribution in [2.45, 2.75) is 19.3 Å². The van der Waals surface area contributed by atoms with Gasteiger partial charge in [0.1, 0.15) is 0 Å². The van der Waals surface area contributed by atoms with Crippen LogP contribution in [0.3, 0.4) is 0 Å². The molecule has 1 amide bonds. The number of benzene rings is 1. The monoisotopic (exact) mass is 273 g/mol. The molecule has 6 nitrogen and oxygen atoms in total. The number of carboxylic acid groups (broad SMARTS) is 1. The number of rotatable bonds is 3. The van der Waals surface area contributed by atoms with Crippen LogP contribution in [0.5, 0.6) is 0 Å². The van der Waals surface area contributed by atoms with E-state index in [1.165, 1.54) is 0 Å². The SMILES string of the molecule is O=C(O)C1CCCC1C(=O)Nc1ccc2cn[nH]c2c1. The maximum absolute atomic E-state index is 12.2. The second-order valence-electron chi connectivity index (χ2n) is 5.14. The Hall–Kier alpha value is -2.37. The lowest BCUT2D eigenvalue weighted by atomic mass is 9.95. The third-order valence-electron chi connectivity index (χ3n) is 3.88. The number of hydrogen-bond donors (Lipinski definition) is 3. The van der Waals surface area contributed by atoms with Crippen molar-refractivity contribution in [1.29, 1.82) is 0 Å². The van der Waals surface area contributed by atoms with E-state index in [0.717, 1.165) is 17.3 Å². The topological polar surface area (TPSA) is 95.1 Å². The zero-order valence-electron chi connectivity index (χ0n) is 10.8. The maximum atomic E-state index is 12.2. The number of hydrogen-bond acceptors (Lipinski definition) is 3. The van der Waals surface area contributed by atoms with E-state index in [9.17, 15) is 9.59 Å². The van der Waals surface area contributed by atoms with Gasteiger partial charge in [-0.2, -0.15) is 5.10 Å². The summed E-state index contributed by atoms with van der Waals surface area (Å²) in [5.41, 5.74) is 1.49. The van der Waals surface area contributed by atoms with Crippen LogP contribution in [0.25, 0.3) is 10.9 Å². The molecule has 0 spiro atoms. The largest absolute Gasteiger partial charge is 0.481 e. The molecule has 0 bridgehead atoms. The van der Waals surface area contributed by atoms with E-state index in [1.807, 2.05) is 6.07 Å². The number of anilines is 1. The smallest absolute Gasteiger partial charge is 0.307 e. The molecule has 0 saturated heterocycles. The molecule has 6 heteroatoms. The van der Waals surface area contributed by atoms with Crippen LogP contribution in [0.1, 0.15) is 19.3 Å². The van der Waals surface area contributed by atoms with Crippen LogP contribution < -0.4 is 5.32 Å². The first-order valence-corrected chi connectivity index (χ1v) is 6.62. The molecular formula is C14H15N3O3. The van der Waals surface area contributed by atoms with Crippen molar-refractivity contribution in [3.8, 4) is 0 Å². The number of H-pyrrole nitrogens is 1. The second kappa shape index (κ2) is 4.96. The van der Waals surface area contributed by atoms with Crippen molar-refractivity contribution in [1.82, 2.24) is 10.2 Å². The number of carboxylic acids is 1. The maximum Gasteiger partial charge on any atom is 0.307 e. The molecule has 20 heavy (non-hydrogen) atoms. The van der Waals surface area contributed by atoms with Crippen molar-refractivity contribution in [2.24, 2.45) is 11.8 Å². The average Bonchev–Trinajstić information content (AvgIpc) is 3.06. The summed E-state index contributed by atoms with van der Waals surface area (Å²) in [5, 5.41) is 19.6. The van der Waals surface area contributed by atoms with Gasteiger partial charge in [0.05, 0.1) is 23.5 Å². The summed E-state index contributed by atoms with van der Waals surface area (Å²) in [6.45, 7) is 0. The second-order valence-corrected chi connectivity index (χ2v) is 5.14. The van der Waals surface area contributed by atoms with Crippen molar-refractivity contribution < 1.29 is 14.7 Å². The number of fused-ring (bicyclic) bond motifs is 1. The Morgan fingerprint density at radius 3 is 2.90 bits per heavy atom. The van der Waals surface area contributed by atoms with E-state index in [2.05, 4.69) is 15.5 Å². The fraction of sp³-hybridized carbons (Fsp3) is 0.357. The van der Waals surface area contributed by atoms with Gasteiger partial charge < -0.3 is 10.4 Å². The fourth-order valence-electron chi connectivity index (χ4n) is 2.82. The predicted octanol–water partition coefficient (Wildman–Crippen LogP) is 2.00. The van der Waals surface area contributed by atoms with E-state index in [0.29, 0.717) is 18.5 Å². The molecule has 1 heterocycles. The number of carbonyl (C=O) groups is 2. The summed E-state index contributed by atoms with van der Waals surface area (Å²) in [6.07, 6.45) is 3.70. The number of carbonyl (C=O) groups excluding carboxylic acids is 1. The molecular weight excluding hydrogens is 258 g/mol. The van der Waals surface area contributed by atoms with Gasteiger partial charge in [-0.1, -0.05) is 6.42 Å². The van der Waals surface area contributed by atoms with Gasteiger partial charge in [-0.3, -0.25) is 14.7 Å². The standard InChI is InChI=1S/C14H15N3O3/c18-13(10-2-1-3-11(10)14(19)20)16-9-5-4-8-7-15-17-12(8)6-9/h4-7,10-11H,1-3H2,(H,15,17)(H,16,18)(H,19,20). The highest BCUT2D eigenvalue weighted by Crippen LogP contribution is 2.33. The summed E-state index contributed by atoms with van der Waals surface area (Å²) < 4.78 is 0. The van der Waals surface area contributed by atoms with Crippen LogP contribution in [0.2, 0.25) is 0 Å². The normalized spacial score (nSPS) is 22.0. The Labute approximate surface area is 115 Å². The fourth-order valence-corrected chi connectivity index (χ4v) is 2.82. The summed E-state index contributed by atoms with van der Waals surface area (Å²) >= 11 is 0. The third-order valence-corrected chi connectivity index (χ3v) is 3.88. The molecule has 3 rings (SSSR count). The Balaban J connectivity index is 1.76. The van der Waals surface area contributed by atoms with Crippen LogP contribution >= 0.6 is 0 Å². The average molecular weight is 273 g/mol. The zero-order chi connectivity index (χ0) is 14.1.